The molecule has 0 aromatic heterocycles. The van der Waals surface area contributed by atoms with Crippen molar-refractivity contribution in [3.63, 3.8) is 0 Å². The van der Waals surface area contributed by atoms with E-state index in [2.05, 4.69) is 122 Å². The summed E-state index contributed by atoms with van der Waals surface area (Å²) in [5, 5.41) is 3.06. The van der Waals surface area contributed by atoms with Crippen molar-refractivity contribution < 1.29 is 0 Å². The maximum atomic E-state index is 2.53. The molecule has 0 fully saturated rings. The van der Waals surface area contributed by atoms with Crippen LogP contribution in [-0.2, 0) is 0 Å². The smallest absolute Gasteiger partial charge is 0.0622 e. The van der Waals surface area contributed by atoms with E-state index in [4.69, 9.17) is 0 Å². The molecule has 1 heteroatoms. The number of rotatable bonds is 4. The predicted molar refractivity (Wildman–Crippen MR) is 143 cm³/mol. The molecule has 32 heavy (non-hydrogen) atoms. The van der Waals surface area contributed by atoms with Gasteiger partial charge in [-0.25, -0.2) is 0 Å². The van der Waals surface area contributed by atoms with E-state index >= 15 is 0 Å². The molecule has 3 aromatic rings. The minimum atomic E-state index is -1.21. The Morgan fingerprint density at radius 2 is 1.09 bits per heavy atom. The number of allylic oxidation sites excluding steroid dienone is 4. The Kier molecular flexibility index (Phi) is 5.90. The molecule has 1 unspecified atom stereocenters. The van der Waals surface area contributed by atoms with Gasteiger partial charge in [-0.2, -0.15) is 0 Å². The molecular weight excluding hydrogens is 400 g/mol. The van der Waals surface area contributed by atoms with Gasteiger partial charge < -0.3 is 0 Å². The minimum absolute atomic E-state index is 0.0305. The number of benzene rings is 3. The van der Waals surface area contributed by atoms with Gasteiger partial charge in [-0.1, -0.05) is 112 Å². The number of hydrogen-bond acceptors (Lipinski definition) is 0. The first kappa shape index (κ1) is 22.5. The second-order valence-corrected chi connectivity index (χ2v) is 12.6. The Balaban J connectivity index is 2.11. The highest BCUT2D eigenvalue weighted by Crippen LogP contribution is 2.58. The van der Waals surface area contributed by atoms with Gasteiger partial charge in [-0.3, -0.25) is 0 Å². The van der Waals surface area contributed by atoms with E-state index in [0.717, 1.165) is 0 Å². The van der Waals surface area contributed by atoms with E-state index in [-0.39, 0.29) is 5.04 Å². The summed E-state index contributed by atoms with van der Waals surface area (Å²) in [5.74, 6) is 0. The van der Waals surface area contributed by atoms with Gasteiger partial charge in [0, 0.05) is 5.04 Å². The zero-order valence-corrected chi connectivity index (χ0v) is 21.9. The van der Waals surface area contributed by atoms with Gasteiger partial charge in [0.2, 0.25) is 0 Å². The summed E-state index contributed by atoms with van der Waals surface area (Å²) < 4.78 is 0. The average Bonchev–Trinajstić information content (AvgIpc) is 2.94. The van der Waals surface area contributed by atoms with Gasteiger partial charge in [0.1, 0.15) is 8.80 Å². The van der Waals surface area contributed by atoms with Crippen LogP contribution in [0, 0.1) is 27.7 Å². The maximum Gasteiger partial charge on any atom is 0.136 e. The fourth-order valence-electron chi connectivity index (χ4n) is 5.52. The van der Waals surface area contributed by atoms with Gasteiger partial charge in [-0.05, 0) is 70.7 Å². The summed E-state index contributed by atoms with van der Waals surface area (Å²) in [4.78, 5) is 0. The van der Waals surface area contributed by atoms with Crippen LogP contribution in [0.1, 0.15) is 55.5 Å². The number of aryl methyl sites for hydroxylation is 4. The lowest BCUT2D eigenvalue weighted by Crippen LogP contribution is -2.53. The van der Waals surface area contributed by atoms with Gasteiger partial charge >= 0.3 is 0 Å². The summed E-state index contributed by atoms with van der Waals surface area (Å²) in [6.45, 7) is 18.6. The third-order valence-electron chi connectivity index (χ3n) is 7.64. The molecular formula is C31H35Si. The Bertz CT molecular complexity index is 1190. The summed E-state index contributed by atoms with van der Waals surface area (Å²) in [6.07, 6.45) is 0. The minimum Gasteiger partial charge on any atom is -0.0622 e. The molecule has 0 saturated carbocycles. The number of hydrogen-bond donors (Lipinski definition) is 0. The Morgan fingerprint density at radius 3 is 1.59 bits per heavy atom. The molecule has 163 valence electrons. The molecule has 0 nitrogen and oxygen atoms in total. The van der Waals surface area contributed by atoms with E-state index in [0.29, 0.717) is 0 Å². The zero-order valence-electron chi connectivity index (χ0n) is 20.9. The summed E-state index contributed by atoms with van der Waals surface area (Å²) in [6, 6.07) is 25.2. The van der Waals surface area contributed by atoms with E-state index in [1.807, 2.05) is 0 Å². The molecule has 1 aliphatic carbocycles. The first-order valence-electron chi connectivity index (χ1n) is 11.6. The van der Waals surface area contributed by atoms with Crippen LogP contribution < -0.4 is 10.4 Å². The van der Waals surface area contributed by atoms with Crippen LogP contribution in [0.15, 0.2) is 83.4 Å². The standard InChI is InChI=1S/C31H35Si/c1-20-14-16-22(3)28(18-20)32(29-19-21(2)15-17-23(29)4)31(8)26(7)24(5)25(6)30(31)27-12-10-9-11-13-27/h9-19H,1-8H3. The molecule has 0 spiro atoms. The van der Waals surface area contributed by atoms with Crippen LogP contribution >= 0.6 is 0 Å². The Labute approximate surface area is 196 Å². The molecule has 3 aromatic carbocycles. The SMILES string of the molecule is CC1=C(C)C(C)([Si](c2cc(C)ccc2C)c2cc(C)ccc2C)C(c2ccccc2)=C1C. The lowest BCUT2D eigenvalue weighted by atomic mass is 9.90. The maximum absolute atomic E-state index is 2.53. The first-order valence-corrected chi connectivity index (χ1v) is 13.1. The lowest BCUT2D eigenvalue weighted by Gasteiger charge is -2.40. The molecule has 1 radical (unpaired) electrons. The van der Waals surface area contributed by atoms with Crippen molar-refractivity contribution >= 4 is 24.7 Å². The van der Waals surface area contributed by atoms with Crippen molar-refractivity contribution in [3.05, 3.63) is 111 Å². The topological polar surface area (TPSA) is 0 Å². The highest BCUT2D eigenvalue weighted by Gasteiger charge is 2.48. The average molecular weight is 436 g/mol. The molecule has 0 amide bonds. The van der Waals surface area contributed by atoms with Gasteiger partial charge in [-0.15, -0.1) is 0 Å². The Hall–Kier alpha value is -2.64. The summed E-state index contributed by atoms with van der Waals surface area (Å²) in [5.41, 5.74) is 12.8. The normalized spacial score (nSPS) is 18.8. The van der Waals surface area contributed by atoms with Crippen LogP contribution in [0.25, 0.3) is 5.57 Å². The van der Waals surface area contributed by atoms with Crippen LogP contribution in [-0.4, -0.2) is 8.80 Å². The third-order valence-corrected chi connectivity index (χ3v) is 11.4. The fourth-order valence-corrected chi connectivity index (χ4v) is 9.73. The van der Waals surface area contributed by atoms with E-state index in [9.17, 15) is 0 Å². The van der Waals surface area contributed by atoms with Crippen molar-refractivity contribution in [2.75, 3.05) is 0 Å². The van der Waals surface area contributed by atoms with E-state index in [1.54, 1.807) is 10.4 Å². The largest absolute Gasteiger partial charge is 0.136 e. The van der Waals surface area contributed by atoms with Crippen molar-refractivity contribution in [1.29, 1.82) is 0 Å². The van der Waals surface area contributed by atoms with Gasteiger partial charge in [0.05, 0.1) is 0 Å². The van der Waals surface area contributed by atoms with Crippen LogP contribution in [0.2, 0.25) is 5.04 Å². The second-order valence-electron chi connectivity index (χ2n) is 9.75. The Morgan fingerprint density at radius 1 is 0.594 bits per heavy atom. The second kappa shape index (κ2) is 8.37. The molecule has 0 aliphatic heterocycles. The van der Waals surface area contributed by atoms with Crippen LogP contribution in [0.3, 0.4) is 0 Å². The molecule has 0 saturated heterocycles. The summed E-state index contributed by atoms with van der Waals surface area (Å²) in [7, 11) is -1.21. The quantitative estimate of drug-likeness (QED) is 0.383. The summed E-state index contributed by atoms with van der Waals surface area (Å²) >= 11 is 0. The highest BCUT2D eigenvalue weighted by molar-refractivity contribution is 6.90. The van der Waals surface area contributed by atoms with E-state index in [1.165, 1.54) is 50.1 Å². The molecule has 1 aliphatic rings. The van der Waals surface area contributed by atoms with Crippen molar-refractivity contribution in [3.8, 4) is 0 Å². The van der Waals surface area contributed by atoms with Crippen LogP contribution in [0.5, 0.6) is 0 Å². The van der Waals surface area contributed by atoms with E-state index < -0.39 is 8.80 Å². The highest BCUT2D eigenvalue weighted by atomic mass is 28.3. The predicted octanol–water partition coefficient (Wildman–Crippen LogP) is 7.11. The molecule has 4 rings (SSSR count). The molecule has 0 N–H and O–H groups in total. The van der Waals surface area contributed by atoms with Crippen molar-refractivity contribution in [2.45, 2.75) is 60.4 Å². The van der Waals surface area contributed by atoms with Gasteiger partial charge in [0.25, 0.3) is 0 Å². The van der Waals surface area contributed by atoms with Crippen LogP contribution in [0.4, 0.5) is 0 Å². The first-order chi connectivity index (χ1) is 15.2. The van der Waals surface area contributed by atoms with Crippen molar-refractivity contribution in [1.82, 2.24) is 0 Å². The molecule has 0 bridgehead atoms. The monoisotopic (exact) mass is 435 g/mol. The van der Waals surface area contributed by atoms with Gasteiger partial charge in [0.15, 0.2) is 0 Å². The molecule has 0 heterocycles. The third kappa shape index (κ3) is 3.53. The van der Waals surface area contributed by atoms with Crippen molar-refractivity contribution in [2.24, 2.45) is 0 Å². The molecule has 1 atom stereocenters. The lowest BCUT2D eigenvalue weighted by molar-refractivity contribution is 0.901. The zero-order chi connectivity index (χ0) is 23.2. The fraction of sp³-hybridized carbons (Fsp3) is 0.290.